The van der Waals surface area contributed by atoms with E-state index in [9.17, 15) is 5.11 Å². The van der Waals surface area contributed by atoms with Crippen molar-refractivity contribution in [1.29, 1.82) is 0 Å². The molecular weight excluding hydrogens is 226 g/mol. The molecule has 1 aliphatic rings. The Labute approximate surface area is 109 Å². The number of hydrogen-bond donors (Lipinski definition) is 1. The van der Waals surface area contributed by atoms with E-state index in [0.29, 0.717) is 0 Å². The number of aliphatic hydroxyl groups excluding tert-OH is 1. The van der Waals surface area contributed by atoms with Gasteiger partial charge in [-0.1, -0.05) is 19.8 Å². The summed E-state index contributed by atoms with van der Waals surface area (Å²) in [6.07, 6.45) is 9.42. The molecule has 0 spiro atoms. The van der Waals surface area contributed by atoms with Gasteiger partial charge in [-0.25, -0.2) is 9.97 Å². The summed E-state index contributed by atoms with van der Waals surface area (Å²) in [5, 5.41) is 9.63. The van der Waals surface area contributed by atoms with Gasteiger partial charge in [0.2, 0.25) is 5.95 Å². The van der Waals surface area contributed by atoms with Gasteiger partial charge in [0.05, 0.1) is 6.61 Å². The highest BCUT2D eigenvalue weighted by Gasteiger charge is 2.34. The molecule has 18 heavy (non-hydrogen) atoms. The topological polar surface area (TPSA) is 49.2 Å². The fraction of sp³-hybridized carbons (Fsp3) is 0.714. The molecule has 4 heteroatoms. The van der Waals surface area contributed by atoms with Crippen LogP contribution in [0.25, 0.3) is 0 Å². The van der Waals surface area contributed by atoms with Gasteiger partial charge >= 0.3 is 0 Å². The van der Waals surface area contributed by atoms with E-state index in [4.69, 9.17) is 0 Å². The summed E-state index contributed by atoms with van der Waals surface area (Å²) in [6, 6.07) is 0. The van der Waals surface area contributed by atoms with Crippen molar-refractivity contribution in [3.8, 4) is 0 Å². The minimum Gasteiger partial charge on any atom is -0.396 e. The molecule has 2 rings (SSSR count). The first kappa shape index (κ1) is 13.3. The van der Waals surface area contributed by atoms with Crippen LogP contribution in [-0.4, -0.2) is 35.3 Å². The smallest absolute Gasteiger partial charge is 0.225 e. The van der Waals surface area contributed by atoms with Gasteiger partial charge in [-0.05, 0) is 24.8 Å². The van der Waals surface area contributed by atoms with Crippen molar-refractivity contribution in [2.24, 2.45) is 5.41 Å². The molecule has 0 atom stereocenters. The molecule has 1 N–H and O–H groups in total. The monoisotopic (exact) mass is 249 g/mol. The molecule has 0 unspecified atom stereocenters. The fourth-order valence-electron chi connectivity index (χ4n) is 2.79. The van der Waals surface area contributed by atoms with Gasteiger partial charge in [0, 0.05) is 31.4 Å². The van der Waals surface area contributed by atoms with E-state index < -0.39 is 0 Å². The number of aryl methyl sites for hydroxylation is 1. The molecule has 1 aromatic rings. The summed E-state index contributed by atoms with van der Waals surface area (Å²) in [5.74, 6) is 0.756. The van der Waals surface area contributed by atoms with Gasteiger partial charge in [0.15, 0.2) is 0 Å². The Bertz CT molecular complexity index is 371. The van der Waals surface area contributed by atoms with Crippen molar-refractivity contribution >= 4 is 5.95 Å². The molecule has 1 aromatic heterocycles. The highest BCUT2D eigenvalue weighted by Crippen LogP contribution is 2.38. The first-order valence-electron chi connectivity index (χ1n) is 6.82. The largest absolute Gasteiger partial charge is 0.396 e. The van der Waals surface area contributed by atoms with Crippen LogP contribution in [0.1, 0.15) is 38.2 Å². The van der Waals surface area contributed by atoms with Crippen molar-refractivity contribution in [3.05, 3.63) is 18.0 Å². The Morgan fingerprint density at radius 2 is 1.89 bits per heavy atom. The Kier molecular flexibility index (Phi) is 4.17. The van der Waals surface area contributed by atoms with E-state index in [1.807, 2.05) is 19.4 Å². The third kappa shape index (κ3) is 2.80. The maximum Gasteiger partial charge on any atom is 0.225 e. The van der Waals surface area contributed by atoms with E-state index in [-0.39, 0.29) is 12.0 Å². The van der Waals surface area contributed by atoms with E-state index in [1.165, 1.54) is 12.8 Å². The van der Waals surface area contributed by atoms with Crippen LogP contribution in [0.3, 0.4) is 0 Å². The normalized spacial score (nSPS) is 17.9. The average molecular weight is 249 g/mol. The van der Waals surface area contributed by atoms with Crippen LogP contribution in [0.2, 0.25) is 0 Å². The number of anilines is 1. The summed E-state index contributed by atoms with van der Waals surface area (Å²) in [7, 11) is 2.01. The molecule has 100 valence electrons. The van der Waals surface area contributed by atoms with Crippen LogP contribution in [0.5, 0.6) is 0 Å². The molecule has 1 aliphatic carbocycles. The molecule has 0 aromatic carbocycles. The van der Waals surface area contributed by atoms with Gasteiger partial charge in [0.25, 0.3) is 0 Å². The summed E-state index contributed by atoms with van der Waals surface area (Å²) in [6.45, 7) is 3.21. The second kappa shape index (κ2) is 5.65. The molecule has 0 bridgehead atoms. The van der Waals surface area contributed by atoms with Crippen molar-refractivity contribution in [2.75, 3.05) is 25.1 Å². The Morgan fingerprint density at radius 1 is 1.28 bits per heavy atom. The summed E-state index contributed by atoms with van der Waals surface area (Å²) in [4.78, 5) is 10.9. The summed E-state index contributed by atoms with van der Waals surface area (Å²) in [5.41, 5.74) is 1.21. The van der Waals surface area contributed by atoms with Gasteiger partial charge in [-0.3, -0.25) is 0 Å². The van der Waals surface area contributed by atoms with Crippen LogP contribution in [0, 0.1) is 5.41 Å². The lowest BCUT2D eigenvalue weighted by Crippen LogP contribution is -2.37. The maximum atomic E-state index is 9.63. The first-order valence-corrected chi connectivity index (χ1v) is 6.82. The zero-order chi connectivity index (χ0) is 13.0. The standard InChI is InChI=1S/C14H23N3O/c1-3-12-8-15-13(16-9-12)17(2)10-14(11-18)6-4-5-7-14/h8-9,18H,3-7,10-11H2,1-2H3. The minimum atomic E-state index is 0.0571. The van der Waals surface area contributed by atoms with Crippen LogP contribution >= 0.6 is 0 Å². The predicted molar refractivity (Wildman–Crippen MR) is 72.7 cm³/mol. The highest BCUT2D eigenvalue weighted by molar-refractivity contribution is 5.29. The quantitative estimate of drug-likeness (QED) is 0.867. The van der Waals surface area contributed by atoms with E-state index >= 15 is 0 Å². The lowest BCUT2D eigenvalue weighted by molar-refractivity contribution is 0.136. The second-order valence-corrected chi connectivity index (χ2v) is 5.47. The number of nitrogens with zero attached hydrogens (tertiary/aromatic N) is 3. The van der Waals surface area contributed by atoms with Crippen LogP contribution in [0.4, 0.5) is 5.95 Å². The van der Waals surface area contributed by atoms with Gasteiger partial charge in [-0.15, -0.1) is 0 Å². The Balaban J connectivity index is 2.03. The number of aliphatic hydroxyl groups is 1. The van der Waals surface area contributed by atoms with Crippen molar-refractivity contribution in [1.82, 2.24) is 9.97 Å². The van der Waals surface area contributed by atoms with Crippen molar-refractivity contribution in [2.45, 2.75) is 39.0 Å². The minimum absolute atomic E-state index is 0.0571. The third-order valence-electron chi connectivity index (χ3n) is 4.01. The number of hydrogen-bond acceptors (Lipinski definition) is 4. The lowest BCUT2D eigenvalue weighted by atomic mass is 9.87. The Hall–Kier alpha value is -1.16. The number of rotatable bonds is 5. The molecule has 1 heterocycles. The van der Waals surface area contributed by atoms with Crippen molar-refractivity contribution in [3.63, 3.8) is 0 Å². The SMILES string of the molecule is CCc1cnc(N(C)CC2(CO)CCCC2)nc1. The Morgan fingerprint density at radius 3 is 2.39 bits per heavy atom. The van der Waals surface area contributed by atoms with E-state index in [1.54, 1.807) is 0 Å². The zero-order valence-corrected chi connectivity index (χ0v) is 11.4. The maximum absolute atomic E-state index is 9.63. The first-order chi connectivity index (χ1) is 8.69. The number of aromatic nitrogens is 2. The predicted octanol–water partition coefficient (Wildman–Crippen LogP) is 2.03. The zero-order valence-electron chi connectivity index (χ0n) is 11.4. The molecular formula is C14H23N3O. The molecule has 0 amide bonds. The molecule has 0 radical (unpaired) electrons. The molecule has 1 saturated carbocycles. The highest BCUT2D eigenvalue weighted by atomic mass is 16.3. The third-order valence-corrected chi connectivity index (χ3v) is 4.01. The summed E-state index contributed by atoms with van der Waals surface area (Å²) < 4.78 is 0. The van der Waals surface area contributed by atoms with Gasteiger partial charge < -0.3 is 10.0 Å². The lowest BCUT2D eigenvalue weighted by Gasteiger charge is -2.31. The van der Waals surface area contributed by atoms with E-state index in [2.05, 4.69) is 21.8 Å². The van der Waals surface area contributed by atoms with Crippen LogP contribution in [0.15, 0.2) is 12.4 Å². The molecule has 0 saturated heterocycles. The summed E-state index contributed by atoms with van der Waals surface area (Å²) >= 11 is 0. The average Bonchev–Trinajstić information content (AvgIpc) is 2.88. The molecule has 1 fully saturated rings. The van der Waals surface area contributed by atoms with Crippen molar-refractivity contribution < 1.29 is 5.11 Å². The fourth-order valence-corrected chi connectivity index (χ4v) is 2.79. The molecule has 0 aliphatic heterocycles. The second-order valence-electron chi connectivity index (χ2n) is 5.47. The van der Waals surface area contributed by atoms with E-state index in [0.717, 1.165) is 37.3 Å². The van der Waals surface area contributed by atoms with Crippen LogP contribution < -0.4 is 4.90 Å². The molecule has 4 nitrogen and oxygen atoms in total. The van der Waals surface area contributed by atoms with Crippen LogP contribution in [-0.2, 0) is 6.42 Å². The van der Waals surface area contributed by atoms with Gasteiger partial charge in [0.1, 0.15) is 0 Å². The van der Waals surface area contributed by atoms with Gasteiger partial charge in [-0.2, -0.15) is 0 Å².